The minimum Gasteiger partial charge on any atom is -0.493 e. The maximum atomic E-state index is 10.9. The summed E-state index contributed by atoms with van der Waals surface area (Å²) in [5, 5.41) is 17.2. The summed E-state index contributed by atoms with van der Waals surface area (Å²) in [7, 11) is 1.59. The predicted octanol–water partition coefficient (Wildman–Crippen LogP) is 6.49. The van der Waals surface area contributed by atoms with E-state index < -0.39 is 4.92 Å². The van der Waals surface area contributed by atoms with E-state index in [1.54, 1.807) is 25.5 Å². The summed E-state index contributed by atoms with van der Waals surface area (Å²) in [6.07, 6.45) is 1.56. The topological polar surface area (TPSA) is 83.2 Å². The lowest BCUT2D eigenvalue weighted by Gasteiger charge is -2.14. The van der Waals surface area contributed by atoms with Crippen LogP contribution in [0.3, 0.4) is 0 Å². The first kappa shape index (κ1) is 23.5. The number of nitrogens with zero attached hydrogens (tertiary/aromatic N) is 2. The Bertz CT molecular complexity index is 1360. The standard InChI is InChI=1S/C26H21IN2O5/c1-32-25-14-20(15-28-34-17-18-5-4-8-23(12-18)29(30)31)13-24(27)26(25)33-16-19-9-10-21-6-2-3-7-22(21)11-19/h2-15H,16-17H2,1H3/b28-15-. The number of hydrogen-bond acceptors (Lipinski definition) is 6. The van der Waals surface area contributed by atoms with E-state index in [1.807, 2.05) is 24.3 Å². The Balaban J connectivity index is 1.41. The third-order valence-electron chi connectivity index (χ3n) is 5.08. The van der Waals surface area contributed by atoms with Crippen LogP contribution in [0.4, 0.5) is 5.69 Å². The molecular weight excluding hydrogens is 547 g/mol. The molecule has 0 radical (unpaired) electrons. The summed E-state index contributed by atoms with van der Waals surface area (Å²) in [5.41, 5.74) is 2.52. The van der Waals surface area contributed by atoms with Crippen LogP contribution in [0.5, 0.6) is 11.5 Å². The number of nitro benzene ring substituents is 1. The molecule has 0 bridgehead atoms. The molecule has 0 aliphatic rings. The van der Waals surface area contributed by atoms with Gasteiger partial charge in [-0.1, -0.05) is 53.7 Å². The van der Waals surface area contributed by atoms with Gasteiger partial charge in [-0.05, 0) is 62.7 Å². The molecule has 0 aromatic heterocycles. The van der Waals surface area contributed by atoms with E-state index in [9.17, 15) is 10.1 Å². The van der Waals surface area contributed by atoms with Gasteiger partial charge < -0.3 is 14.3 Å². The zero-order valence-electron chi connectivity index (χ0n) is 18.3. The number of fused-ring (bicyclic) bond motifs is 1. The van der Waals surface area contributed by atoms with Gasteiger partial charge in [0.1, 0.15) is 13.2 Å². The zero-order chi connectivity index (χ0) is 23.9. The number of halogens is 1. The molecule has 0 amide bonds. The van der Waals surface area contributed by atoms with Gasteiger partial charge in [-0.3, -0.25) is 10.1 Å². The van der Waals surface area contributed by atoms with Crippen molar-refractivity contribution in [3.8, 4) is 11.5 Å². The summed E-state index contributed by atoms with van der Waals surface area (Å²) in [4.78, 5) is 15.8. The van der Waals surface area contributed by atoms with Crippen LogP contribution in [-0.2, 0) is 18.1 Å². The molecule has 7 nitrogen and oxygen atoms in total. The molecule has 0 saturated heterocycles. The Morgan fingerprint density at radius 3 is 2.53 bits per heavy atom. The lowest BCUT2D eigenvalue weighted by Crippen LogP contribution is -2.01. The highest BCUT2D eigenvalue weighted by Crippen LogP contribution is 2.34. The van der Waals surface area contributed by atoms with E-state index in [1.165, 1.54) is 22.9 Å². The van der Waals surface area contributed by atoms with Crippen LogP contribution in [0.15, 0.2) is 84.0 Å². The van der Waals surface area contributed by atoms with Crippen LogP contribution < -0.4 is 9.47 Å². The number of nitro groups is 1. The van der Waals surface area contributed by atoms with Gasteiger partial charge >= 0.3 is 0 Å². The fourth-order valence-electron chi connectivity index (χ4n) is 3.41. The third-order valence-corrected chi connectivity index (χ3v) is 5.88. The lowest BCUT2D eigenvalue weighted by molar-refractivity contribution is -0.384. The Labute approximate surface area is 210 Å². The highest BCUT2D eigenvalue weighted by Gasteiger charge is 2.12. The summed E-state index contributed by atoms with van der Waals surface area (Å²) in [6.45, 7) is 0.538. The van der Waals surface area contributed by atoms with Crippen LogP contribution >= 0.6 is 22.6 Å². The maximum absolute atomic E-state index is 10.9. The molecule has 34 heavy (non-hydrogen) atoms. The van der Waals surface area contributed by atoms with Crippen LogP contribution in [0.1, 0.15) is 16.7 Å². The van der Waals surface area contributed by atoms with Crippen molar-refractivity contribution in [2.24, 2.45) is 5.16 Å². The average molecular weight is 568 g/mol. The van der Waals surface area contributed by atoms with E-state index in [-0.39, 0.29) is 12.3 Å². The Kier molecular flexibility index (Phi) is 7.58. The molecule has 0 fully saturated rings. The summed E-state index contributed by atoms with van der Waals surface area (Å²) < 4.78 is 12.5. The first-order valence-corrected chi connectivity index (χ1v) is 11.5. The van der Waals surface area contributed by atoms with Gasteiger partial charge in [0.05, 0.1) is 21.8 Å². The van der Waals surface area contributed by atoms with Crippen molar-refractivity contribution in [2.75, 3.05) is 7.11 Å². The van der Waals surface area contributed by atoms with Gasteiger partial charge in [0.25, 0.3) is 5.69 Å². The van der Waals surface area contributed by atoms with Crippen molar-refractivity contribution >= 4 is 45.3 Å². The monoisotopic (exact) mass is 568 g/mol. The van der Waals surface area contributed by atoms with E-state index in [0.29, 0.717) is 23.7 Å². The number of rotatable bonds is 9. The smallest absolute Gasteiger partial charge is 0.269 e. The van der Waals surface area contributed by atoms with Crippen LogP contribution in [0.25, 0.3) is 10.8 Å². The molecule has 0 spiro atoms. The fourth-order valence-corrected chi connectivity index (χ4v) is 4.19. The highest BCUT2D eigenvalue weighted by molar-refractivity contribution is 14.1. The largest absolute Gasteiger partial charge is 0.493 e. The first-order valence-electron chi connectivity index (χ1n) is 10.4. The molecule has 172 valence electrons. The summed E-state index contributed by atoms with van der Waals surface area (Å²) in [6, 6.07) is 24.5. The van der Waals surface area contributed by atoms with Crippen molar-refractivity contribution < 1.29 is 19.2 Å². The molecule has 4 rings (SSSR count). The number of methoxy groups -OCH3 is 1. The Morgan fingerprint density at radius 2 is 1.74 bits per heavy atom. The fraction of sp³-hybridized carbons (Fsp3) is 0.115. The molecule has 0 aliphatic carbocycles. The SMILES string of the molecule is COc1cc(/C=N\OCc2cccc([N+](=O)[O-])c2)cc(I)c1OCc1ccc2ccccc2c1. The van der Waals surface area contributed by atoms with Gasteiger partial charge in [0.15, 0.2) is 11.5 Å². The molecule has 4 aromatic carbocycles. The predicted molar refractivity (Wildman–Crippen MR) is 139 cm³/mol. The molecule has 0 aliphatic heterocycles. The lowest BCUT2D eigenvalue weighted by atomic mass is 10.1. The molecule has 8 heteroatoms. The second-order valence-corrected chi connectivity index (χ2v) is 8.60. The normalized spacial score (nSPS) is 11.0. The van der Waals surface area contributed by atoms with Crippen molar-refractivity contribution in [1.82, 2.24) is 0 Å². The minimum absolute atomic E-state index is 0.0173. The van der Waals surface area contributed by atoms with Gasteiger partial charge in [0, 0.05) is 17.7 Å². The summed E-state index contributed by atoms with van der Waals surface area (Å²) >= 11 is 2.20. The van der Waals surface area contributed by atoms with Crippen molar-refractivity contribution in [3.05, 3.63) is 109 Å². The van der Waals surface area contributed by atoms with Gasteiger partial charge in [-0.15, -0.1) is 0 Å². The van der Waals surface area contributed by atoms with Gasteiger partial charge in [-0.25, -0.2) is 0 Å². The van der Waals surface area contributed by atoms with E-state index >= 15 is 0 Å². The maximum Gasteiger partial charge on any atom is 0.269 e. The van der Waals surface area contributed by atoms with Crippen molar-refractivity contribution in [1.29, 1.82) is 0 Å². The molecular formula is C26H21IN2O5. The van der Waals surface area contributed by atoms with Gasteiger partial charge in [-0.2, -0.15) is 0 Å². The van der Waals surface area contributed by atoms with Gasteiger partial charge in [0.2, 0.25) is 0 Å². The minimum atomic E-state index is -0.440. The Hall–Kier alpha value is -3.66. The number of benzene rings is 4. The second-order valence-electron chi connectivity index (χ2n) is 7.44. The third kappa shape index (κ3) is 5.82. The molecule has 0 unspecified atom stereocenters. The summed E-state index contributed by atoms with van der Waals surface area (Å²) in [5.74, 6) is 1.25. The second kappa shape index (κ2) is 11.0. The number of non-ortho nitro benzene ring substituents is 1. The van der Waals surface area contributed by atoms with E-state index in [0.717, 1.165) is 14.7 Å². The molecule has 0 atom stereocenters. The Morgan fingerprint density at radius 1 is 0.941 bits per heavy atom. The number of ether oxygens (including phenoxy) is 2. The first-order chi connectivity index (χ1) is 16.5. The van der Waals surface area contributed by atoms with Crippen LogP contribution in [0.2, 0.25) is 0 Å². The van der Waals surface area contributed by atoms with Crippen LogP contribution in [0, 0.1) is 13.7 Å². The molecule has 0 saturated carbocycles. The zero-order valence-corrected chi connectivity index (χ0v) is 20.5. The van der Waals surface area contributed by atoms with Crippen LogP contribution in [-0.4, -0.2) is 18.2 Å². The molecule has 0 heterocycles. The highest BCUT2D eigenvalue weighted by atomic mass is 127. The quantitative estimate of drug-likeness (QED) is 0.0998. The number of hydrogen-bond donors (Lipinski definition) is 0. The molecule has 0 N–H and O–H groups in total. The molecule has 4 aromatic rings. The van der Waals surface area contributed by atoms with E-state index in [4.69, 9.17) is 14.3 Å². The van der Waals surface area contributed by atoms with E-state index in [2.05, 4.69) is 58.1 Å². The van der Waals surface area contributed by atoms with Crippen molar-refractivity contribution in [2.45, 2.75) is 13.2 Å². The number of oxime groups is 1. The average Bonchev–Trinajstić information content (AvgIpc) is 2.85. The van der Waals surface area contributed by atoms with Crippen molar-refractivity contribution in [3.63, 3.8) is 0 Å².